The fraction of sp³-hybridized carbons (Fsp3) is 0.176. The molecule has 0 bridgehead atoms. The third kappa shape index (κ3) is 1.77. The standard InChI is InChI=1S/C17H16O/c1-12(18)14-7-4-5-9-16(14)17-11-10-13-6-2-3-8-15(13)17/h2-12,17-18H,1H3. The second kappa shape index (κ2) is 4.43. The molecule has 0 heterocycles. The minimum absolute atomic E-state index is 0.270. The second-order valence-corrected chi connectivity index (χ2v) is 4.77. The van der Waals surface area contributed by atoms with Gasteiger partial charge in [-0.25, -0.2) is 0 Å². The second-order valence-electron chi connectivity index (χ2n) is 4.77. The van der Waals surface area contributed by atoms with Crippen LogP contribution in [0.5, 0.6) is 0 Å². The van der Waals surface area contributed by atoms with Gasteiger partial charge in [-0.05, 0) is 29.2 Å². The van der Waals surface area contributed by atoms with E-state index in [-0.39, 0.29) is 5.92 Å². The molecule has 0 aliphatic heterocycles. The molecule has 2 aromatic carbocycles. The van der Waals surface area contributed by atoms with Gasteiger partial charge in [-0.15, -0.1) is 0 Å². The molecule has 2 aromatic rings. The van der Waals surface area contributed by atoms with Gasteiger partial charge >= 0.3 is 0 Å². The van der Waals surface area contributed by atoms with E-state index in [9.17, 15) is 5.11 Å². The molecule has 2 unspecified atom stereocenters. The Balaban J connectivity index is 2.11. The normalized spacial score (nSPS) is 18.7. The van der Waals surface area contributed by atoms with Crippen molar-refractivity contribution in [3.63, 3.8) is 0 Å². The summed E-state index contributed by atoms with van der Waals surface area (Å²) in [6.07, 6.45) is 3.95. The Morgan fingerprint density at radius 3 is 2.39 bits per heavy atom. The van der Waals surface area contributed by atoms with E-state index in [2.05, 4.69) is 42.5 Å². The highest BCUT2D eigenvalue weighted by molar-refractivity contribution is 5.65. The summed E-state index contributed by atoms with van der Waals surface area (Å²) in [5.41, 5.74) is 4.83. The lowest BCUT2D eigenvalue weighted by atomic mass is 9.88. The average Bonchev–Trinajstić information content (AvgIpc) is 2.82. The van der Waals surface area contributed by atoms with Gasteiger partial charge in [-0.2, -0.15) is 0 Å². The van der Waals surface area contributed by atoms with Gasteiger partial charge in [0, 0.05) is 5.92 Å². The molecule has 2 atom stereocenters. The molecular weight excluding hydrogens is 220 g/mol. The van der Waals surface area contributed by atoms with Crippen molar-refractivity contribution in [1.29, 1.82) is 0 Å². The van der Waals surface area contributed by atoms with E-state index >= 15 is 0 Å². The van der Waals surface area contributed by atoms with Crippen molar-refractivity contribution in [1.82, 2.24) is 0 Å². The number of allylic oxidation sites excluding steroid dienone is 1. The quantitative estimate of drug-likeness (QED) is 0.838. The van der Waals surface area contributed by atoms with Gasteiger partial charge < -0.3 is 5.11 Å². The van der Waals surface area contributed by atoms with Crippen LogP contribution in [0.1, 0.15) is 41.2 Å². The number of rotatable bonds is 2. The molecule has 0 radical (unpaired) electrons. The summed E-state index contributed by atoms with van der Waals surface area (Å²) in [5, 5.41) is 9.89. The van der Waals surface area contributed by atoms with Crippen LogP contribution in [0.15, 0.2) is 54.6 Å². The van der Waals surface area contributed by atoms with Crippen LogP contribution in [0.4, 0.5) is 0 Å². The summed E-state index contributed by atoms with van der Waals surface area (Å²) in [6, 6.07) is 16.6. The third-order valence-corrected chi connectivity index (χ3v) is 3.58. The number of aliphatic hydroxyl groups excluding tert-OH is 1. The zero-order chi connectivity index (χ0) is 12.5. The maximum atomic E-state index is 9.89. The van der Waals surface area contributed by atoms with E-state index < -0.39 is 6.10 Å². The molecule has 0 aromatic heterocycles. The van der Waals surface area contributed by atoms with Crippen molar-refractivity contribution in [3.8, 4) is 0 Å². The number of hydrogen-bond donors (Lipinski definition) is 1. The van der Waals surface area contributed by atoms with Crippen molar-refractivity contribution in [3.05, 3.63) is 76.9 Å². The minimum Gasteiger partial charge on any atom is -0.389 e. The fourth-order valence-electron chi connectivity index (χ4n) is 2.70. The van der Waals surface area contributed by atoms with Crippen molar-refractivity contribution < 1.29 is 5.11 Å². The van der Waals surface area contributed by atoms with E-state index in [1.165, 1.54) is 16.7 Å². The molecular formula is C17H16O. The highest BCUT2D eigenvalue weighted by Gasteiger charge is 2.21. The lowest BCUT2D eigenvalue weighted by Crippen LogP contribution is -2.03. The van der Waals surface area contributed by atoms with Crippen LogP contribution in [-0.2, 0) is 0 Å². The predicted octanol–water partition coefficient (Wildman–Crippen LogP) is 3.90. The number of hydrogen-bond acceptors (Lipinski definition) is 1. The van der Waals surface area contributed by atoms with Crippen LogP contribution in [0.2, 0.25) is 0 Å². The molecule has 0 saturated heterocycles. The maximum absolute atomic E-state index is 9.89. The average molecular weight is 236 g/mol. The van der Waals surface area contributed by atoms with Crippen molar-refractivity contribution in [2.45, 2.75) is 18.9 Å². The molecule has 1 heteroatoms. The van der Waals surface area contributed by atoms with E-state index in [1.54, 1.807) is 0 Å². The maximum Gasteiger partial charge on any atom is 0.0764 e. The molecule has 1 aliphatic carbocycles. The van der Waals surface area contributed by atoms with Crippen molar-refractivity contribution in [2.75, 3.05) is 0 Å². The number of fused-ring (bicyclic) bond motifs is 1. The number of benzene rings is 2. The van der Waals surface area contributed by atoms with Gasteiger partial charge in [-0.1, -0.05) is 60.7 Å². The van der Waals surface area contributed by atoms with Crippen molar-refractivity contribution in [2.24, 2.45) is 0 Å². The zero-order valence-corrected chi connectivity index (χ0v) is 10.4. The molecule has 1 aliphatic rings. The summed E-state index contributed by atoms with van der Waals surface area (Å²) in [7, 11) is 0. The Morgan fingerprint density at radius 2 is 1.61 bits per heavy atom. The molecule has 0 saturated carbocycles. The third-order valence-electron chi connectivity index (χ3n) is 3.58. The lowest BCUT2D eigenvalue weighted by Gasteiger charge is -2.17. The van der Waals surface area contributed by atoms with E-state index in [0.717, 1.165) is 5.56 Å². The summed E-state index contributed by atoms with van der Waals surface area (Å²) in [4.78, 5) is 0. The van der Waals surface area contributed by atoms with Crippen LogP contribution < -0.4 is 0 Å². The Kier molecular flexibility index (Phi) is 2.77. The Bertz CT molecular complexity index is 596. The first-order chi connectivity index (χ1) is 8.77. The summed E-state index contributed by atoms with van der Waals surface area (Å²) in [5.74, 6) is 0.270. The molecule has 90 valence electrons. The molecule has 1 nitrogen and oxygen atoms in total. The van der Waals surface area contributed by atoms with Crippen LogP contribution in [0, 0.1) is 0 Å². The van der Waals surface area contributed by atoms with Crippen LogP contribution in [0.25, 0.3) is 6.08 Å². The van der Waals surface area contributed by atoms with E-state index in [1.807, 2.05) is 25.1 Å². The van der Waals surface area contributed by atoms with Crippen LogP contribution >= 0.6 is 0 Å². The van der Waals surface area contributed by atoms with E-state index in [0.29, 0.717) is 0 Å². The summed E-state index contributed by atoms with van der Waals surface area (Å²) < 4.78 is 0. The fourth-order valence-corrected chi connectivity index (χ4v) is 2.70. The van der Waals surface area contributed by atoms with Gasteiger partial charge in [-0.3, -0.25) is 0 Å². The molecule has 0 amide bonds. The zero-order valence-electron chi connectivity index (χ0n) is 10.4. The van der Waals surface area contributed by atoms with Gasteiger partial charge in [0.15, 0.2) is 0 Å². The monoisotopic (exact) mass is 236 g/mol. The van der Waals surface area contributed by atoms with Gasteiger partial charge in [0.05, 0.1) is 6.10 Å². The largest absolute Gasteiger partial charge is 0.389 e. The first-order valence-corrected chi connectivity index (χ1v) is 6.31. The predicted molar refractivity (Wildman–Crippen MR) is 74.4 cm³/mol. The smallest absolute Gasteiger partial charge is 0.0764 e. The summed E-state index contributed by atoms with van der Waals surface area (Å²) >= 11 is 0. The Morgan fingerprint density at radius 1 is 0.944 bits per heavy atom. The Labute approximate surface area is 107 Å². The highest BCUT2D eigenvalue weighted by Crippen LogP contribution is 2.37. The minimum atomic E-state index is -0.428. The van der Waals surface area contributed by atoms with Crippen LogP contribution in [0.3, 0.4) is 0 Å². The Hall–Kier alpha value is -1.86. The molecule has 0 fully saturated rings. The van der Waals surface area contributed by atoms with Gasteiger partial charge in [0.2, 0.25) is 0 Å². The van der Waals surface area contributed by atoms with Gasteiger partial charge in [0.25, 0.3) is 0 Å². The number of aliphatic hydroxyl groups is 1. The van der Waals surface area contributed by atoms with Crippen LogP contribution in [-0.4, -0.2) is 5.11 Å². The molecule has 18 heavy (non-hydrogen) atoms. The first kappa shape index (κ1) is 11.2. The highest BCUT2D eigenvalue weighted by atomic mass is 16.3. The summed E-state index contributed by atoms with van der Waals surface area (Å²) in [6.45, 7) is 1.82. The van der Waals surface area contributed by atoms with Crippen molar-refractivity contribution >= 4 is 6.08 Å². The SMILES string of the molecule is CC(O)c1ccccc1C1C=Cc2ccccc21. The molecule has 0 spiro atoms. The lowest BCUT2D eigenvalue weighted by molar-refractivity contribution is 0.198. The molecule has 3 rings (SSSR count). The first-order valence-electron chi connectivity index (χ1n) is 6.31. The van der Waals surface area contributed by atoms with Gasteiger partial charge in [0.1, 0.15) is 0 Å². The topological polar surface area (TPSA) is 20.2 Å². The molecule has 1 N–H and O–H groups in total. The van der Waals surface area contributed by atoms with E-state index in [4.69, 9.17) is 0 Å².